The molecule has 0 aliphatic heterocycles. The van der Waals surface area contributed by atoms with E-state index in [4.69, 9.17) is 5.73 Å². The minimum atomic E-state index is 0.213. The van der Waals surface area contributed by atoms with Crippen LogP contribution in [0.15, 0.2) is 12.3 Å². The molecule has 3 heteroatoms. The van der Waals surface area contributed by atoms with Crippen LogP contribution in [0.1, 0.15) is 45.9 Å². The van der Waals surface area contributed by atoms with E-state index in [1.54, 1.807) is 0 Å². The Kier molecular flexibility index (Phi) is 4.33. The van der Waals surface area contributed by atoms with Crippen molar-refractivity contribution in [2.24, 2.45) is 11.7 Å². The largest absolute Gasteiger partial charge is 0.327 e. The highest BCUT2D eigenvalue weighted by atomic mass is 15.3. The van der Waals surface area contributed by atoms with Gasteiger partial charge in [0.05, 0.1) is 5.69 Å². The van der Waals surface area contributed by atoms with Crippen LogP contribution in [-0.4, -0.2) is 15.8 Å². The van der Waals surface area contributed by atoms with Gasteiger partial charge in [-0.1, -0.05) is 20.8 Å². The Morgan fingerprint density at radius 1 is 1.40 bits per heavy atom. The summed E-state index contributed by atoms with van der Waals surface area (Å²) in [4.78, 5) is 0. The van der Waals surface area contributed by atoms with Crippen LogP contribution in [0.25, 0.3) is 0 Å². The number of hydrogen-bond donors (Lipinski definition) is 1. The van der Waals surface area contributed by atoms with E-state index in [1.807, 2.05) is 4.68 Å². The first kappa shape index (κ1) is 12.2. The van der Waals surface area contributed by atoms with Crippen molar-refractivity contribution in [1.82, 2.24) is 9.78 Å². The third-order valence-corrected chi connectivity index (χ3v) is 3.01. The molecule has 3 nitrogen and oxygen atoms in total. The SMILES string of the molecule is CCC(C)n1ccc(CC(N)C(C)C)n1. The fourth-order valence-electron chi connectivity index (χ4n) is 1.40. The van der Waals surface area contributed by atoms with Gasteiger partial charge in [-0.15, -0.1) is 0 Å². The second kappa shape index (κ2) is 5.31. The second-order valence-electron chi connectivity index (χ2n) is 4.66. The summed E-state index contributed by atoms with van der Waals surface area (Å²) in [6, 6.07) is 2.77. The lowest BCUT2D eigenvalue weighted by Gasteiger charge is -2.14. The monoisotopic (exact) mass is 209 g/mol. The molecule has 86 valence electrons. The molecule has 0 aromatic carbocycles. The molecule has 0 aliphatic carbocycles. The van der Waals surface area contributed by atoms with Crippen molar-refractivity contribution in [2.45, 2.75) is 52.6 Å². The van der Waals surface area contributed by atoms with Gasteiger partial charge in [0.15, 0.2) is 0 Å². The first-order valence-electron chi connectivity index (χ1n) is 5.84. The molecule has 0 spiro atoms. The molecular formula is C12H23N3. The van der Waals surface area contributed by atoms with E-state index in [2.05, 4.69) is 45.1 Å². The summed E-state index contributed by atoms with van der Waals surface area (Å²) in [6.07, 6.45) is 4.04. The molecule has 0 radical (unpaired) electrons. The van der Waals surface area contributed by atoms with Gasteiger partial charge in [-0.2, -0.15) is 5.10 Å². The molecule has 0 aliphatic rings. The number of aromatic nitrogens is 2. The van der Waals surface area contributed by atoms with E-state index in [-0.39, 0.29) is 6.04 Å². The zero-order valence-corrected chi connectivity index (χ0v) is 10.3. The quantitative estimate of drug-likeness (QED) is 0.809. The van der Waals surface area contributed by atoms with E-state index < -0.39 is 0 Å². The van der Waals surface area contributed by atoms with Crippen molar-refractivity contribution in [3.63, 3.8) is 0 Å². The molecule has 0 amide bonds. The zero-order chi connectivity index (χ0) is 11.4. The smallest absolute Gasteiger partial charge is 0.0640 e. The molecular weight excluding hydrogens is 186 g/mol. The third-order valence-electron chi connectivity index (χ3n) is 3.01. The van der Waals surface area contributed by atoms with Crippen LogP contribution in [0, 0.1) is 5.92 Å². The Hall–Kier alpha value is -0.830. The van der Waals surface area contributed by atoms with Gasteiger partial charge in [-0.25, -0.2) is 0 Å². The maximum absolute atomic E-state index is 6.02. The van der Waals surface area contributed by atoms with Gasteiger partial charge in [0.1, 0.15) is 0 Å². The number of rotatable bonds is 5. The molecule has 0 fully saturated rings. The average Bonchev–Trinajstić information content (AvgIpc) is 2.65. The number of nitrogens with two attached hydrogens (primary N) is 1. The number of hydrogen-bond acceptors (Lipinski definition) is 2. The van der Waals surface area contributed by atoms with E-state index >= 15 is 0 Å². The van der Waals surface area contributed by atoms with Gasteiger partial charge in [0.2, 0.25) is 0 Å². The van der Waals surface area contributed by atoms with Gasteiger partial charge in [0, 0.05) is 24.7 Å². The summed E-state index contributed by atoms with van der Waals surface area (Å²) in [5.74, 6) is 0.513. The summed E-state index contributed by atoms with van der Waals surface area (Å²) >= 11 is 0. The first-order valence-corrected chi connectivity index (χ1v) is 5.84. The Balaban J connectivity index is 2.60. The maximum atomic E-state index is 6.02. The van der Waals surface area contributed by atoms with Crippen molar-refractivity contribution in [2.75, 3.05) is 0 Å². The topological polar surface area (TPSA) is 43.8 Å². The highest BCUT2D eigenvalue weighted by molar-refractivity contribution is 5.02. The van der Waals surface area contributed by atoms with Crippen LogP contribution in [0.4, 0.5) is 0 Å². The summed E-state index contributed by atoms with van der Waals surface area (Å²) in [7, 11) is 0. The fraction of sp³-hybridized carbons (Fsp3) is 0.750. The molecule has 0 saturated heterocycles. The van der Waals surface area contributed by atoms with Gasteiger partial charge >= 0.3 is 0 Å². The molecule has 2 atom stereocenters. The molecule has 15 heavy (non-hydrogen) atoms. The standard InChI is InChI=1S/C12H23N3/c1-5-10(4)15-7-6-11(14-15)8-12(13)9(2)3/h6-7,9-10,12H,5,8,13H2,1-4H3. The van der Waals surface area contributed by atoms with Crippen molar-refractivity contribution >= 4 is 0 Å². The molecule has 0 bridgehead atoms. The summed E-state index contributed by atoms with van der Waals surface area (Å²) < 4.78 is 2.03. The van der Waals surface area contributed by atoms with Gasteiger partial charge in [-0.05, 0) is 25.3 Å². The third kappa shape index (κ3) is 3.34. The van der Waals surface area contributed by atoms with Crippen molar-refractivity contribution in [3.8, 4) is 0 Å². The average molecular weight is 209 g/mol. The molecule has 1 aromatic rings. The van der Waals surface area contributed by atoms with E-state index in [0.717, 1.165) is 18.5 Å². The van der Waals surface area contributed by atoms with Crippen LogP contribution >= 0.6 is 0 Å². The lowest BCUT2D eigenvalue weighted by molar-refractivity contribution is 0.457. The normalized spacial score (nSPS) is 15.6. The summed E-state index contributed by atoms with van der Waals surface area (Å²) in [5, 5.41) is 4.54. The summed E-state index contributed by atoms with van der Waals surface area (Å²) in [6.45, 7) is 8.65. The molecule has 0 saturated carbocycles. The first-order chi connectivity index (χ1) is 7.04. The van der Waals surface area contributed by atoms with Crippen LogP contribution in [0.3, 0.4) is 0 Å². The second-order valence-corrected chi connectivity index (χ2v) is 4.66. The number of nitrogens with zero attached hydrogens (tertiary/aromatic N) is 2. The van der Waals surface area contributed by atoms with E-state index in [0.29, 0.717) is 12.0 Å². The van der Waals surface area contributed by atoms with E-state index in [1.165, 1.54) is 0 Å². The highest BCUT2D eigenvalue weighted by Gasteiger charge is 2.11. The Bertz CT molecular complexity index is 291. The van der Waals surface area contributed by atoms with Gasteiger partial charge in [-0.3, -0.25) is 4.68 Å². The maximum Gasteiger partial charge on any atom is 0.0640 e. The molecule has 2 N–H and O–H groups in total. The van der Waals surface area contributed by atoms with Crippen molar-refractivity contribution in [3.05, 3.63) is 18.0 Å². The van der Waals surface area contributed by atoms with Gasteiger partial charge < -0.3 is 5.73 Å². The van der Waals surface area contributed by atoms with Crippen LogP contribution in [0.2, 0.25) is 0 Å². The molecule has 1 heterocycles. The van der Waals surface area contributed by atoms with Crippen molar-refractivity contribution in [1.29, 1.82) is 0 Å². The minimum absolute atomic E-state index is 0.213. The Morgan fingerprint density at radius 2 is 2.07 bits per heavy atom. The van der Waals surface area contributed by atoms with Crippen LogP contribution < -0.4 is 5.73 Å². The predicted octanol–water partition coefficient (Wildman–Crippen LogP) is 2.38. The molecule has 1 rings (SSSR count). The fourth-order valence-corrected chi connectivity index (χ4v) is 1.40. The molecule has 1 aromatic heterocycles. The van der Waals surface area contributed by atoms with Gasteiger partial charge in [0.25, 0.3) is 0 Å². The van der Waals surface area contributed by atoms with Crippen molar-refractivity contribution < 1.29 is 0 Å². The summed E-state index contributed by atoms with van der Waals surface area (Å²) in [5.41, 5.74) is 7.12. The predicted molar refractivity (Wildman–Crippen MR) is 63.7 cm³/mol. The highest BCUT2D eigenvalue weighted by Crippen LogP contribution is 2.11. The molecule has 2 unspecified atom stereocenters. The van der Waals surface area contributed by atoms with Crippen LogP contribution in [0.5, 0.6) is 0 Å². The van der Waals surface area contributed by atoms with Crippen LogP contribution in [-0.2, 0) is 6.42 Å². The minimum Gasteiger partial charge on any atom is -0.327 e. The lowest BCUT2D eigenvalue weighted by Crippen LogP contribution is -2.29. The zero-order valence-electron chi connectivity index (χ0n) is 10.3. The lowest BCUT2D eigenvalue weighted by atomic mass is 10.0. The van der Waals surface area contributed by atoms with E-state index in [9.17, 15) is 0 Å². The Morgan fingerprint density at radius 3 is 2.60 bits per heavy atom. The Labute approximate surface area is 92.7 Å².